The van der Waals surface area contributed by atoms with Gasteiger partial charge < -0.3 is 36.5 Å². The van der Waals surface area contributed by atoms with E-state index in [1.54, 1.807) is 48.5 Å². The maximum Gasteiger partial charge on any atom is 0.115 e. The van der Waals surface area contributed by atoms with Crippen molar-refractivity contribution in [2.45, 2.75) is 20.3 Å². The smallest absolute Gasteiger partial charge is 0.115 e. The predicted octanol–water partition coefficient (Wildman–Crippen LogP) is 7.64. The summed E-state index contributed by atoms with van der Waals surface area (Å²) in [7, 11) is 0. The molecule has 0 atom stereocenters. The summed E-state index contributed by atoms with van der Waals surface area (Å²) >= 11 is 0. The molecule has 0 saturated heterocycles. The molecule has 0 unspecified atom stereocenters. The minimum absolute atomic E-state index is 0. The largest absolute Gasteiger partial charge is 0.508 e. The molecule has 5 heteroatoms. The molecule has 1 radical (unpaired) electrons. The van der Waals surface area contributed by atoms with E-state index < -0.39 is 0 Å². The first kappa shape index (κ1) is 38.4. The fraction of sp³-hybridized carbons (Fsp3) is 0.103. The topological polar surface area (TPSA) is 92.5 Å². The van der Waals surface area contributed by atoms with Crippen molar-refractivity contribution in [2.75, 3.05) is 11.5 Å². The molecule has 0 aliphatic carbocycles. The van der Waals surface area contributed by atoms with Gasteiger partial charge in [-0.2, -0.15) is 0 Å². The first-order chi connectivity index (χ1) is 15.0. The van der Waals surface area contributed by atoms with Gasteiger partial charge >= 0.3 is 0 Å². The average Bonchev–Trinajstić information content (AvgIpc) is 2.78. The normalized spacial score (nSPS) is 7.59. The molecule has 4 aromatic carbocycles. The van der Waals surface area contributed by atoms with Crippen LogP contribution >= 0.6 is 0 Å². The number of para-hydroxylation sites is 4. The molecule has 0 fully saturated rings. The first-order valence-corrected chi connectivity index (χ1v) is 10.1. The number of hydrogen-bond donors (Lipinski definition) is 4. The van der Waals surface area contributed by atoms with Crippen LogP contribution in [-0.2, 0) is 32.7 Å². The van der Waals surface area contributed by atoms with Crippen molar-refractivity contribution in [3.8, 4) is 11.5 Å². The summed E-state index contributed by atoms with van der Waals surface area (Å²) in [4.78, 5) is 0. The number of benzene rings is 4. The summed E-state index contributed by atoms with van der Waals surface area (Å²) in [6.45, 7) is 4.25. The van der Waals surface area contributed by atoms with Crippen LogP contribution in [0.4, 0.5) is 11.4 Å². The van der Waals surface area contributed by atoms with Crippen LogP contribution in [0, 0.1) is 14.9 Å². The monoisotopic (exact) mass is 537 g/mol. The number of rotatable bonds is 0. The molecule has 0 heterocycles. The SMILES string of the molecule is CCC.Nc1ccccc1.Nc1ccccc1.Oc1ccccc1.Oc1ccccc1.[CH3-].[CH3-].[Y]. The number of nitrogens with two attached hydrogens (primary N) is 2. The Balaban J connectivity index is -0.000000165. The van der Waals surface area contributed by atoms with Crippen LogP contribution in [0.25, 0.3) is 0 Å². The van der Waals surface area contributed by atoms with Crippen LogP contribution < -0.4 is 11.5 Å². The number of phenolic OH excluding ortho intramolecular Hbond substituents is 2. The zero-order chi connectivity index (χ0) is 23.2. The summed E-state index contributed by atoms with van der Waals surface area (Å²) in [5.74, 6) is 0.644. The Hall–Kier alpha value is -2.82. The molecule has 34 heavy (non-hydrogen) atoms. The Morgan fingerprint density at radius 3 is 0.735 bits per heavy atom. The van der Waals surface area contributed by atoms with Gasteiger partial charge in [-0.3, -0.25) is 0 Å². The van der Waals surface area contributed by atoms with E-state index in [0.717, 1.165) is 11.4 Å². The summed E-state index contributed by atoms with van der Waals surface area (Å²) < 4.78 is 0. The molecule has 4 aromatic rings. The van der Waals surface area contributed by atoms with E-state index in [1.807, 2.05) is 72.8 Å². The van der Waals surface area contributed by atoms with Crippen molar-refractivity contribution in [3.63, 3.8) is 0 Å². The molecule has 0 aliphatic rings. The van der Waals surface area contributed by atoms with Crippen LogP contribution in [-0.4, -0.2) is 10.2 Å². The molecule has 0 aromatic heterocycles. The van der Waals surface area contributed by atoms with Crippen molar-refractivity contribution < 1.29 is 42.9 Å². The second-order valence-corrected chi connectivity index (χ2v) is 6.20. The summed E-state index contributed by atoms with van der Waals surface area (Å²) in [5, 5.41) is 17.3. The Kier molecular flexibility index (Phi) is 31.9. The Morgan fingerprint density at radius 2 is 0.647 bits per heavy atom. The molecular formula is C29H40N2O2Y-2. The van der Waals surface area contributed by atoms with E-state index in [9.17, 15) is 0 Å². The molecule has 0 amide bonds. The van der Waals surface area contributed by atoms with Gasteiger partial charge in [0, 0.05) is 44.1 Å². The van der Waals surface area contributed by atoms with Crippen molar-refractivity contribution in [1.82, 2.24) is 0 Å². The van der Waals surface area contributed by atoms with Gasteiger partial charge in [-0.1, -0.05) is 93.1 Å². The zero-order valence-corrected chi connectivity index (χ0v) is 23.7. The number of phenols is 2. The summed E-state index contributed by atoms with van der Waals surface area (Å²) in [5.41, 5.74) is 12.4. The second-order valence-electron chi connectivity index (χ2n) is 6.20. The van der Waals surface area contributed by atoms with Gasteiger partial charge in [-0.05, 0) is 48.5 Å². The van der Waals surface area contributed by atoms with Gasteiger partial charge in [0.15, 0.2) is 0 Å². The maximum absolute atomic E-state index is 8.63. The summed E-state index contributed by atoms with van der Waals surface area (Å²) in [6.07, 6.45) is 1.25. The minimum Gasteiger partial charge on any atom is -0.508 e. The van der Waals surface area contributed by atoms with Crippen LogP contribution in [0.2, 0.25) is 0 Å². The number of nitrogen functional groups attached to an aromatic ring is 2. The third-order valence-corrected chi connectivity index (χ3v) is 3.11. The molecule has 4 rings (SSSR count). The number of aromatic hydroxyl groups is 2. The van der Waals surface area contributed by atoms with E-state index in [0.29, 0.717) is 11.5 Å². The number of hydrogen-bond acceptors (Lipinski definition) is 4. The van der Waals surface area contributed by atoms with Gasteiger partial charge in [0.2, 0.25) is 0 Å². The predicted molar refractivity (Wildman–Crippen MR) is 147 cm³/mol. The fourth-order valence-electron chi connectivity index (χ4n) is 1.76. The fourth-order valence-corrected chi connectivity index (χ4v) is 1.76. The first-order valence-electron chi connectivity index (χ1n) is 10.1. The second kappa shape index (κ2) is 28.2. The van der Waals surface area contributed by atoms with E-state index in [4.69, 9.17) is 21.7 Å². The molecule has 183 valence electrons. The molecular weight excluding hydrogens is 497 g/mol. The minimum atomic E-state index is 0. The van der Waals surface area contributed by atoms with Crippen molar-refractivity contribution in [2.24, 2.45) is 0 Å². The molecule has 4 nitrogen and oxygen atoms in total. The molecule has 0 saturated carbocycles. The molecule has 6 N–H and O–H groups in total. The van der Waals surface area contributed by atoms with E-state index in [-0.39, 0.29) is 47.6 Å². The van der Waals surface area contributed by atoms with E-state index >= 15 is 0 Å². The van der Waals surface area contributed by atoms with Gasteiger partial charge in [0.25, 0.3) is 0 Å². The zero-order valence-electron chi connectivity index (χ0n) is 20.9. The van der Waals surface area contributed by atoms with Crippen LogP contribution in [0.15, 0.2) is 121 Å². The molecule has 0 aliphatic heterocycles. The van der Waals surface area contributed by atoms with E-state index in [2.05, 4.69) is 13.8 Å². The van der Waals surface area contributed by atoms with Crippen molar-refractivity contribution in [1.29, 1.82) is 0 Å². The third-order valence-electron chi connectivity index (χ3n) is 3.11. The Morgan fingerprint density at radius 1 is 0.471 bits per heavy atom. The Labute approximate surface area is 232 Å². The van der Waals surface area contributed by atoms with E-state index in [1.165, 1.54) is 6.42 Å². The van der Waals surface area contributed by atoms with Gasteiger partial charge in [-0.25, -0.2) is 0 Å². The average molecular weight is 538 g/mol. The quantitative estimate of drug-likeness (QED) is 0.137. The molecule has 0 bridgehead atoms. The Bertz CT molecular complexity index is 713. The van der Waals surface area contributed by atoms with Crippen LogP contribution in [0.3, 0.4) is 0 Å². The van der Waals surface area contributed by atoms with Crippen LogP contribution in [0.1, 0.15) is 20.3 Å². The van der Waals surface area contributed by atoms with Gasteiger partial charge in [0.05, 0.1) is 0 Å². The standard InChI is InChI=1S/2C6H7N.2C6H6O.C3H8.2CH3.Y/c4*7-6-4-2-1-3-5-6;1-3-2;;;/h2*1-5H,7H2;2*1-5,7H;3H2,1-2H3;2*1H3;/q;;;;;2*-1;. The summed E-state index contributed by atoms with van der Waals surface area (Å²) in [6, 6.07) is 36.4. The van der Waals surface area contributed by atoms with Crippen molar-refractivity contribution in [3.05, 3.63) is 136 Å². The number of anilines is 2. The van der Waals surface area contributed by atoms with Crippen molar-refractivity contribution >= 4 is 11.4 Å². The third kappa shape index (κ3) is 27.2. The van der Waals surface area contributed by atoms with Gasteiger partial charge in [-0.15, -0.1) is 0 Å². The molecule has 0 spiro atoms. The maximum atomic E-state index is 8.63. The van der Waals surface area contributed by atoms with Gasteiger partial charge in [0.1, 0.15) is 11.5 Å². The van der Waals surface area contributed by atoms with Crippen LogP contribution in [0.5, 0.6) is 11.5 Å².